The Labute approximate surface area is 174 Å². The SMILES string of the molecule is CC=CC1=C(C(=O)OC(c2ccccc2)c2ccccc2)N2C(=O)C(N)C2SC1. The molecule has 6 heteroatoms. The number of nitrogens with zero attached hydrogens (tertiary/aromatic N) is 1. The smallest absolute Gasteiger partial charge is 0.356 e. The van der Waals surface area contributed by atoms with Crippen LogP contribution in [0.5, 0.6) is 0 Å². The van der Waals surface area contributed by atoms with E-state index in [1.807, 2.05) is 79.7 Å². The van der Waals surface area contributed by atoms with Gasteiger partial charge in [0.15, 0.2) is 6.10 Å². The van der Waals surface area contributed by atoms with Gasteiger partial charge >= 0.3 is 5.97 Å². The van der Waals surface area contributed by atoms with Crippen LogP contribution in [0.3, 0.4) is 0 Å². The van der Waals surface area contributed by atoms with Gasteiger partial charge in [0.2, 0.25) is 5.91 Å². The lowest BCUT2D eigenvalue weighted by Gasteiger charge is -2.48. The molecule has 2 N–H and O–H groups in total. The van der Waals surface area contributed by atoms with Gasteiger partial charge in [0.05, 0.1) is 0 Å². The molecule has 2 unspecified atom stereocenters. The van der Waals surface area contributed by atoms with E-state index in [1.165, 1.54) is 4.90 Å². The minimum Gasteiger partial charge on any atom is -0.448 e. The van der Waals surface area contributed by atoms with Crippen molar-refractivity contribution < 1.29 is 14.3 Å². The van der Waals surface area contributed by atoms with E-state index in [0.29, 0.717) is 11.4 Å². The van der Waals surface area contributed by atoms with Gasteiger partial charge in [-0.1, -0.05) is 72.8 Å². The third kappa shape index (κ3) is 3.61. The quantitative estimate of drug-likeness (QED) is 0.609. The Balaban J connectivity index is 1.70. The monoisotopic (exact) mass is 406 g/mol. The largest absolute Gasteiger partial charge is 0.448 e. The van der Waals surface area contributed by atoms with Gasteiger partial charge < -0.3 is 10.5 Å². The van der Waals surface area contributed by atoms with E-state index in [4.69, 9.17) is 10.5 Å². The second-order valence-electron chi connectivity index (χ2n) is 6.92. The summed E-state index contributed by atoms with van der Waals surface area (Å²) in [6.45, 7) is 1.88. The number of amides is 1. The fourth-order valence-corrected chi connectivity index (χ4v) is 4.87. The van der Waals surface area contributed by atoms with Gasteiger partial charge in [-0.05, 0) is 23.6 Å². The fourth-order valence-electron chi connectivity index (χ4n) is 3.61. The Morgan fingerprint density at radius 1 is 1.14 bits per heavy atom. The molecule has 4 rings (SSSR count). The number of benzene rings is 2. The third-order valence-electron chi connectivity index (χ3n) is 5.03. The lowest BCUT2D eigenvalue weighted by molar-refractivity contribution is -0.153. The number of nitrogens with two attached hydrogens (primary N) is 1. The number of β-lactam (4-membered cyclic amide) rings is 1. The normalized spacial score (nSPS) is 21.3. The highest BCUT2D eigenvalue weighted by Gasteiger charge is 2.52. The number of esters is 1. The maximum Gasteiger partial charge on any atom is 0.356 e. The van der Waals surface area contributed by atoms with Crippen LogP contribution in [-0.4, -0.2) is 33.9 Å². The Bertz CT molecular complexity index is 933. The van der Waals surface area contributed by atoms with Crippen molar-refractivity contribution in [2.24, 2.45) is 5.73 Å². The van der Waals surface area contributed by atoms with Crippen molar-refractivity contribution in [1.82, 2.24) is 4.90 Å². The zero-order valence-corrected chi connectivity index (χ0v) is 16.8. The molecule has 0 bridgehead atoms. The van der Waals surface area contributed by atoms with Gasteiger partial charge in [0, 0.05) is 5.75 Å². The van der Waals surface area contributed by atoms with Crippen LogP contribution in [0.2, 0.25) is 0 Å². The van der Waals surface area contributed by atoms with Crippen LogP contribution in [0, 0.1) is 0 Å². The molecule has 0 spiro atoms. The van der Waals surface area contributed by atoms with Gasteiger partial charge in [-0.3, -0.25) is 9.69 Å². The average molecular weight is 407 g/mol. The molecule has 2 aliphatic heterocycles. The van der Waals surface area contributed by atoms with E-state index in [2.05, 4.69) is 0 Å². The molecule has 0 saturated carbocycles. The zero-order chi connectivity index (χ0) is 20.4. The summed E-state index contributed by atoms with van der Waals surface area (Å²) in [4.78, 5) is 27.2. The highest BCUT2D eigenvalue weighted by atomic mass is 32.2. The van der Waals surface area contributed by atoms with Crippen LogP contribution in [0.25, 0.3) is 0 Å². The number of fused-ring (bicyclic) bond motifs is 1. The molecule has 0 aromatic heterocycles. The van der Waals surface area contributed by atoms with Gasteiger partial charge in [0.25, 0.3) is 0 Å². The predicted octanol–water partition coefficient (Wildman–Crippen LogP) is 3.39. The Morgan fingerprint density at radius 3 is 2.28 bits per heavy atom. The number of thioether (sulfide) groups is 1. The Kier molecular flexibility index (Phi) is 5.56. The summed E-state index contributed by atoms with van der Waals surface area (Å²) in [5.74, 6) is -0.147. The molecular formula is C23H22N2O3S. The maximum absolute atomic E-state index is 13.3. The van der Waals surface area contributed by atoms with Crippen LogP contribution in [0.4, 0.5) is 0 Å². The van der Waals surface area contributed by atoms with Crippen LogP contribution < -0.4 is 5.73 Å². The molecule has 2 atom stereocenters. The average Bonchev–Trinajstić information content (AvgIpc) is 2.77. The van der Waals surface area contributed by atoms with E-state index in [-0.39, 0.29) is 11.3 Å². The Hall–Kier alpha value is -2.83. The summed E-state index contributed by atoms with van der Waals surface area (Å²) >= 11 is 1.57. The lowest BCUT2D eigenvalue weighted by atomic mass is 10.0. The van der Waals surface area contributed by atoms with E-state index in [1.54, 1.807) is 11.8 Å². The van der Waals surface area contributed by atoms with E-state index < -0.39 is 18.1 Å². The van der Waals surface area contributed by atoms with Crippen LogP contribution in [0.15, 0.2) is 84.1 Å². The first-order valence-corrected chi connectivity index (χ1v) is 10.5. The molecule has 29 heavy (non-hydrogen) atoms. The van der Waals surface area contributed by atoms with Crippen molar-refractivity contribution in [3.63, 3.8) is 0 Å². The van der Waals surface area contributed by atoms with Crippen LogP contribution in [-0.2, 0) is 14.3 Å². The molecule has 1 fully saturated rings. The maximum atomic E-state index is 13.3. The predicted molar refractivity (Wildman–Crippen MR) is 114 cm³/mol. The van der Waals surface area contributed by atoms with Gasteiger partial charge in [-0.25, -0.2) is 4.79 Å². The molecular weight excluding hydrogens is 384 g/mol. The molecule has 0 radical (unpaired) electrons. The van der Waals surface area contributed by atoms with E-state index >= 15 is 0 Å². The van der Waals surface area contributed by atoms with E-state index in [9.17, 15) is 9.59 Å². The Morgan fingerprint density at radius 2 is 1.72 bits per heavy atom. The summed E-state index contributed by atoms with van der Waals surface area (Å²) in [6, 6.07) is 18.6. The minimum atomic E-state index is -0.575. The van der Waals surface area contributed by atoms with E-state index in [0.717, 1.165) is 16.7 Å². The second kappa shape index (κ2) is 8.27. The molecule has 1 saturated heterocycles. The topological polar surface area (TPSA) is 72.6 Å². The molecule has 5 nitrogen and oxygen atoms in total. The molecule has 148 valence electrons. The summed E-state index contributed by atoms with van der Waals surface area (Å²) in [5.41, 5.74) is 8.75. The number of hydrogen-bond donors (Lipinski definition) is 1. The number of hydrogen-bond acceptors (Lipinski definition) is 5. The number of ether oxygens (including phenoxy) is 1. The second-order valence-corrected chi connectivity index (χ2v) is 8.02. The highest BCUT2D eigenvalue weighted by Crippen LogP contribution is 2.41. The van der Waals surface area contributed by atoms with Crippen molar-refractivity contribution in [3.8, 4) is 0 Å². The third-order valence-corrected chi connectivity index (χ3v) is 6.35. The van der Waals surface area contributed by atoms with Crippen LogP contribution >= 0.6 is 11.8 Å². The fraction of sp³-hybridized carbons (Fsp3) is 0.217. The number of rotatable bonds is 5. The number of carbonyl (C=O) groups excluding carboxylic acids is 2. The summed E-state index contributed by atoms with van der Waals surface area (Å²) in [5, 5.41) is -0.217. The lowest BCUT2D eigenvalue weighted by Crippen LogP contribution is -2.68. The molecule has 2 aromatic rings. The first-order valence-electron chi connectivity index (χ1n) is 9.48. The highest BCUT2D eigenvalue weighted by molar-refractivity contribution is 8.00. The molecule has 2 heterocycles. The van der Waals surface area contributed by atoms with Gasteiger partial charge in [-0.2, -0.15) is 0 Å². The minimum absolute atomic E-state index is 0.217. The van der Waals surface area contributed by atoms with Crippen molar-refractivity contribution in [2.45, 2.75) is 24.4 Å². The molecule has 1 amide bonds. The van der Waals surface area contributed by atoms with Gasteiger partial charge in [-0.15, -0.1) is 11.8 Å². The van der Waals surface area contributed by atoms with Crippen molar-refractivity contribution >= 4 is 23.6 Å². The molecule has 2 aliphatic rings. The summed E-state index contributed by atoms with van der Waals surface area (Å²) in [6.07, 6.45) is 3.15. The molecule has 0 aliphatic carbocycles. The van der Waals surface area contributed by atoms with Crippen molar-refractivity contribution in [1.29, 1.82) is 0 Å². The first kappa shape index (κ1) is 19.5. The number of carbonyl (C=O) groups is 2. The van der Waals surface area contributed by atoms with Crippen molar-refractivity contribution in [2.75, 3.05) is 5.75 Å². The summed E-state index contributed by atoms with van der Waals surface area (Å²) in [7, 11) is 0. The first-order chi connectivity index (χ1) is 14.1. The van der Waals surface area contributed by atoms with Crippen molar-refractivity contribution in [3.05, 3.63) is 95.2 Å². The number of allylic oxidation sites excluding steroid dienone is 2. The van der Waals surface area contributed by atoms with Gasteiger partial charge in [0.1, 0.15) is 17.1 Å². The zero-order valence-electron chi connectivity index (χ0n) is 16.0. The van der Waals surface area contributed by atoms with Crippen LogP contribution in [0.1, 0.15) is 24.2 Å². The molecule has 2 aromatic carbocycles. The summed E-state index contributed by atoms with van der Waals surface area (Å²) < 4.78 is 6.00. The standard InChI is InChI=1S/C23H22N2O3S/c1-2-9-17-14-29-22-18(24)21(26)25(22)19(17)23(27)28-20(15-10-5-3-6-11-15)16-12-7-4-8-13-16/h2-13,18,20,22H,14,24H2,1H3.